The number of aromatic nitrogens is 3. The Morgan fingerprint density at radius 1 is 1.44 bits per heavy atom. The van der Waals surface area contributed by atoms with Crippen LogP contribution in [-0.2, 0) is 13.6 Å². The second-order valence-electron chi connectivity index (χ2n) is 3.80. The molecule has 0 radical (unpaired) electrons. The molecule has 4 nitrogen and oxygen atoms in total. The molecule has 0 amide bonds. The second kappa shape index (κ2) is 4.25. The summed E-state index contributed by atoms with van der Waals surface area (Å²) in [4.78, 5) is 11.8. The smallest absolute Gasteiger partial charge is 0.253 e. The highest BCUT2D eigenvalue weighted by Gasteiger charge is 2.03. The minimum Gasteiger partial charge on any atom is -0.310 e. The number of rotatable bonds is 2. The summed E-state index contributed by atoms with van der Waals surface area (Å²) >= 11 is 3.39. The molecule has 0 spiro atoms. The van der Waals surface area contributed by atoms with Gasteiger partial charge in [0, 0.05) is 35.0 Å². The average molecular weight is 282 g/mol. The third-order valence-corrected chi connectivity index (χ3v) is 2.78. The average Bonchev–Trinajstić information content (AvgIpc) is 2.60. The van der Waals surface area contributed by atoms with Crippen molar-refractivity contribution in [2.45, 2.75) is 13.5 Å². The molecule has 0 saturated carbocycles. The van der Waals surface area contributed by atoms with Crippen molar-refractivity contribution >= 4 is 15.9 Å². The fourth-order valence-electron chi connectivity index (χ4n) is 1.61. The van der Waals surface area contributed by atoms with Gasteiger partial charge in [0.05, 0.1) is 12.7 Å². The lowest BCUT2D eigenvalue weighted by Gasteiger charge is -2.05. The van der Waals surface area contributed by atoms with Crippen LogP contribution in [0.1, 0.15) is 11.1 Å². The van der Waals surface area contributed by atoms with E-state index in [1.165, 1.54) is 0 Å². The van der Waals surface area contributed by atoms with Crippen LogP contribution in [0, 0.1) is 6.92 Å². The van der Waals surface area contributed by atoms with Gasteiger partial charge in [-0.05, 0) is 28.9 Å². The lowest BCUT2D eigenvalue weighted by Crippen LogP contribution is -2.21. The third-order valence-electron chi connectivity index (χ3n) is 2.34. The molecule has 5 heteroatoms. The third kappa shape index (κ3) is 2.24. The van der Waals surface area contributed by atoms with E-state index in [4.69, 9.17) is 0 Å². The summed E-state index contributed by atoms with van der Waals surface area (Å²) in [6, 6.07) is 1.82. The van der Waals surface area contributed by atoms with E-state index in [-0.39, 0.29) is 5.56 Å². The molecule has 2 rings (SSSR count). The van der Waals surface area contributed by atoms with E-state index >= 15 is 0 Å². The molecule has 2 aromatic rings. The summed E-state index contributed by atoms with van der Waals surface area (Å²) in [7, 11) is 1.86. The number of hydrogen-bond donors (Lipinski definition) is 0. The molecule has 0 N–H and O–H groups in total. The van der Waals surface area contributed by atoms with Crippen LogP contribution in [0.25, 0.3) is 0 Å². The molecule has 0 saturated heterocycles. The molecule has 0 aliphatic heterocycles. The summed E-state index contributed by atoms with van der Waals surface area (Å²) in [5.74, 6) is 0. The van der Waals surface area contributed by atoms with E-state index in [9.17, 15) is 4.79 Å². The van der Waals surface area contributed by atoms with E-state index in [1.807, 2.05) is 26.2 Å². The monoisotopic (exact) mass is 281 g/mol. The summed E-state index contributed by atoms with van der Waals surface area (Å²) < 4.78 is 4.32. The zero-order valence-electron chi connectivity index (χ0n) is 9.14. The fourth-order valence-corrected chi connectivity index (χ4v) is 2.20. The molecule has 2 heterocycles. The highest BCUT2D eigenvalue weighted by atomic mass is 79.9. The summed E-state index contributed by atoms with van der Waals surface area (Å²) in [5.41, 5.74) is 1.78. The summed E-state index contributed by atoms with van der Waals surface area (Å²) in [5, 5.41) is 4.08. The second-order valence-corrected chi connectivity index (χ2v) is 4.71. The molecule has 0 aliphatic carbocycles. The molecule has 16 heavy (non-hydrogen) atoms. The number of pyridine rings is 1. The van der Waals surface area contributed by atoms with Gasteiger partial charge in [-0.1, -0.05) is 0 Å². The summed E-state index contributed by atoms with van der Waals surface area (Å²) in [6.07, 6.45) is 5.47. The van der Waals surface area contributed by atoms with Crippen LogP contribution < -0.4 is 5.56 Å². The van der Waals surface area contributed by atoms with Crippen LogP contribution >= 0.6 is 15.9 Å². The van der Waals surface area contributed by atoms with Crippen LogP contribution in [0.3, 0.4) is 0 Å². The predicted molar refractivity (Wildman–Crippen MR) is 65.4 cm³/mol. The van der Waals surface area contributed by atoms with E-state index in [1.54, 1.807) is 21.6 Å². The van der Waals surface area contributed by atoms with Gasteiger partial charge in [0.1, 0.15) is 0 Å². The Hall–Kier alpha value is -1.36. The zero-order chi connectivity index (χ0) is 11.7. The van der Waals surface area contributed by atoms with Gasteiger partial charge in [0.15, 0.2) is 0 Å². The quantitative estimate of drug-likeness (QED) is 0.841. The normalized spacial score (nSPS) is 10.7. The molecule has 84 valence electrons. The van der Waals surface area contributed by atoms with E-state index in [2.05, 4.69) is 21.0 Å². The van der Waals surface area contributed by atoms with Crippen molar-refractivity contribution in [3.8, 4) is 0 Å². The molecular formula is C11H12BrN3O. The van der Waals surface area contributed by atoms with E-state index in [0.717, 1.165) is 15.6 Å². The largest absolute Gasteiger partial charge is 0.310 e. The first-order valence-electron chi connectivity index (χ1n) is 4.90. The maximum Gasteiger partial charge on any atom is 0.253 e. The number of hydrogen-bond acceptors (Lipinski definition) is 2. The Kier molecular flexibility index (Phi) is 2.96. The molecule has 0 aromatic carbocycles. The van der Waals surface area contributed by atoms with Crippen LogP contribution in [0.5, 0.6) is 0 Å². The highest BCUT2D eigenvalue weighted by molar-refractivity contribution is 9.10. The number of nitrogens with zero attached hydrogens (tertiary/aromatic N) is 3. The fraction of sp³-hybridized carbons (Fsp3) is 0.273. The SMILES string of the molecule is Cc1cc(Br)cn(Cc2cnn(C)c2)c1=O. The topological polar surface area (TPSA) is 39.8 Å². The van der Waals surface area contributed by atoms with Crippen LogP contribution in [0.15, 0.2) is 33.9 Å². The first-order chi connectivity index (χ1) is 7.56. The molecule has 0 unspecified atom stereocenters. The molecule has 2 aromatic heterocycles. The number of aryl methyl sites for hydroxylation is 2. The minimum absolute atomic E-state index is 0.0343. The van der Waals surface area contributed by atoms with Gasteiger partial charge in [0.2, 0.25) is 0 Å². The minimum atomic E-state index is 0.0343. The van der Waals surface area contributed by atoms with Crippen molar-refractivity contribution in [2.75, 3.05) is 0 Å². The van der Waals surface area contributed by atoms with Gasteiger partial charge in [-0.3, -0.25) is 9.48 Å². The Labute approximate surface area is 102 Å². The first kappa shape index (κ1) is 11.1. The Morgan fingerprint density at radius 3 is 2.81 bits per heavy atom. The van der Waals surface area contributed by atoms with Crippen molar-refractivity contribution in [1.82, 2.24) is 14.3 Å². The predicted octanol–water partition coefficient (Wildman–Crippen LogP) is 1.70. The van der Waals surface area contributed by atoms with Gasteiger partial charge in [-0.25, -0.2) is 0 Å². The van der Waals surface area contributed by atoms with Crippen LogP contribution in [0.4, 0.5) is 0 Å². The van der Waals surface area contributed by atoms with E-state index in [0.29, 0.717) is 6.54 Å². The molecule has 0 fully saturated rings. The maximum atomic E-state index is 11.8. The first-order valence-corrected chi connectivity index (χ1v) is 5.69. The van der Waals surface area contributed by atoms with Crippen molar-refractivity contribution < 1.29 is 0 Å². The molecule has 0 atom stereocenters. The Bertz CT molecular complexity index is 571. The van der Waals surface area contributed by atoms with Gasteiger partial charge in [-0.2, -0.15) is 5.10 Å². The Morgan fingerprint density at radius 2 is 2.19 bits per heavy atom. The van der Waals surface area contributed by atoms with Crippen molar-refractivity contribution in [2.24, 2.45) is 7.05 Å². The van der Waals surface area contributed by atoms with E-state index < -0.39 is 0 Å². The molecule has 0 bridgehead atoms. The standard InChI is InChI=1S/C11H12BrN3O/c1-8-3-10(12)7-15(11(8)16)6-9-4-13-14(2)5-9/h3-5,7H,6H2,1-2H3. The highest BCUT2D eigenvalue weighted by Crippen LogP contribution is 2.09. The summed E-state index contributed by atoms with van der Waals surface area (Å²) in [6.45, 7) is 2.36. The maximum absolute atomic E-state index is 11.8. The molecular weight excluding hydrogens is 270 g/mol. The van der Waals surface area contributed by atoms with Crippen LogP contribution in [0.2, 0.25) is 0 Å². The number of halogens is 1. The zero-order valence-corrected chi connectivity index (χ0v) is 10.7. The Balaban J connectivity index is 2.38. The van der Waals surface area contributed by atoms with Crippen LogP contribution in [-0.4, -0.2) is 14.3 Å². The van der Waals surface area contributed by atoms with Gasteiger partial charge in [0.25, 0.3) is 5.56 Å². The van der Waals surface area contributed by atoms with Crippen molar-refractivity contribution in [1.29, 1.82) is 0 Å². The lowest BCUT2D eigenvalue weighted by atomic mass is 10.3. The van der Waals surface area contributed by atoms with Crippen molar-refractivity contribution in [3.63, 3.8) is 0 Å². The van der Waals surface area contributed by atoms with Gasteiger partial charge in [-0.15, -0.1) is 0 Å². The lowest BCUT2D eigenvalue weighted by molar-refractivity contribution is 0.742. The van der Waals surface area contributed by atoms with Gasteiger partial charge < -0.3 is 4.57 Å². The van der Waals surface area contributed by atoms with Crippen molar-refractivity contribution in [3.05, 3.63) is 50.6 Å². The van der Waals surface area contributed by atoms with Gasteiger partial charge >= 0.3 is 0 Å². The molecule has 0 aliphatic rings.